The molecule has 0 bridgehead atoms. The normalized spacial score (nSPS) is 11.1. The zero-order chi connectivity index (χ0) is 21.1. The van der Waals surface area contributed by atoms with Gasteiger partial charge in [0.15, 0.2) is 5.96 Å². The number of nitrogens with one attached hydrogen (secondary N) is 3. The minimum Gasteiger partial charge on any atom is -0.494 e. The smallest absolute Gasteiger partial charge is 0.224 e. The molecule has 156 valence electrons. The number of hydrogen-bond donors (Lipinski definition) is 3. The van der Waals surface area contributed by atoms with Gasteiger partial charge in [-0.25, -0.2) is 0 Å². The van der Waals surface area contributed by atoms with E-state index in [-0.39, 0.29) is 5.91 Å². The van der Waals surface area contributed by atoms with Gasteiger partial charge in [-0.15, -0.1) is 0 Å². The first-order valence-electron chi connectivity index (χ1n) is 10.1. The second-order valence-electron chi connectivity index (χ2n) is 6.82. The zero-order valence-corrected chi connectivity index (χ0v) is 17.8. The van der Waals surface area contributed by atoms with E-state index in [1.165, 1.54) is 5.56 Å². The lowest BCUT2D eigenvalue weighted by Gasteiger charge is -2.15. The molecule has 6 heteroatoms. The number of guanidine groups is 1. The third kappa shape index (κ3) is 7.49. The average molecular weight is 397 g/mol. The largest absolute Gasteiger partial charge is 0.494 e. The van der Waals surface area contributed by atoms with E-state index >= 15 is 0 Å². The van der Waals surface area contributed by atoms with E-state index in [0.29, 0.717) is 32.1 Å². The Morgan fingerprint density at radius 2 is 1.76 bits per heavy atom. The van der Waals surface area contributed by atoms with Crippen LogP contribution < -0.4 is 20.7 Å². The Hall–Kier alpha value is -3.02. The van der Waals surface area contributed by atoms with E-state index in [1.807, 2.05) is 38.1 Å². The summed E-state index contributed by atoms with van der Waals surface area (Å²) in [6.07, 6.45) is 1.38. The monoisotopic (exact) mass is 396 g/mol. The van der Waals surface area contributed by atoms with E-state index in [2.05, 4.69) is 46.1 Å². The molecule has 0 radical (unpaired) electrons. The maximum Gasteiger partial charge on any atom is 0.224 e. The summed E-state index contributed by atoms with van der Waals surface area (Å²) in [4.78, 5) is 16.0. The number of nitrogens with zero attached hydrogens (tertiary/aromatic N) is 1. The van der Waals surface area contributed by atoms with Crippen molar-refractivity contribution in [3.63, 3.8) is 0 Å². The number of hydrogen-bond acceptors (Lipinski definition) is 3. The van der Waals surface area contributed by atoms with E-state index in [9.17, 15) is 4.79 Å². The van der Waals surface area contributed by atoms with Crippen molar-refractivity contribution < 1.29 is 9.53 Å². The van der Waals surface area contributed by atoms with Crippen molar-refractivity contribution in [2.75, 3.05) is 19.0 Å². The van der Waals surface area contributed by atoms with Gasteiger partial charge in [0.25, 0.3) is 0 Å². The number of anilines is 1. The fourth-order valence-corrected chi connectivity index (χ4v) is 2.84. The molecule has 0 aliphatic rings. The van der Waals surface area contributed by atoms with Crippen molar-refractivity contribution in [1.29, 1.82) is 0 Å². The fraction of sp³-hybridized carbons (Fsp3) is 0.391. The first-order chi connectivity index (χ1) is 14.0. The van der Waals surface area contributed by atoms with Crippen LogP contribution in [0.2, 0.25) is 0 Å². The summed E-state index contributed by atoms with van der Waals surface area (Å²) in [5.41, 5.74) is 4.19. The molecular weight excluding hydrogens is 364 g/mol. The Morgan fingerprint density at radius 3 is 2.41 bits per heavy atom. The van der Waals surface area contributed by atoms with E-state index in [1.54, 1.807) is 7.05 Å². The maximum absolute atomic E-state index is 11.7. The van der Waals surface area contributed by atoms with Crippen LogP contribution >= 0.6 is 0 Å². The van der Waals surface area contributed by atoms with Crippen LogP contribution in [0.25, 0.3) is 0 Å². The van der Waals surface area contributed by atoms with Crippen LogP contribution in [0.4, 0.5) is 5.69 Å². The van der Waals surface area contributed by atoms with Gasteiger partial charge in [-0.1, -0.05) is 31.2 Å². The minimum absolute atomic E-state index is 0.0468. The molecule has 0 saturated heterocycles. The maximum atomic E-state index is 11.7. The Kier molecular flexibility index (Phi) is 9.02. The molecule has 0 aliphatic carbocycles. The minimum atomic E-state index is 0.0468. The van der Waals surface area contributed by atoms with Gasteiger partial charge in [-0.2, -0.15) is 0 Å². The van der Waals surface area contributed by atoms with Crippen LogP contribution in [0.15, 0.2) is 47.5 Å². The predicted octanol–water partition coefficient (Wildman–Crippen LogP) is 4.00. The average Bonchev–Trinajstić information content (AvgIpc) is 2.71. The van der Waals surface area contributed by atoms with Crippen LogP contribution in [0.1, 0.15) is 43.4 Å². The Bertz CT molecular complexity index is 816. The highest BCUT2D eigenvalue weighted by Crippen LogP contribution is 2.20. The highest BCUT2D eigenvalue weighted by atomic mass is 16.5. The first kappa shape index (κ1) is 22.3. The van der Waals surface area contributed by atoms with Crippen LogP contribution in [0, 0.1) is 6.92 Å². The summed E-state index contributed by atoms with van der Waals surface area (Å²) in [6.45, 7) is 7.93. The van der Waals surface area contributed by atoms with Crippen LogP contribution in [-0.4, -0.2) is 25.5 Å². The van der Waals surface area contributed by atoms with Gasteiger partial charge in [0, 0.05) is 37.8 Å². The summed E-state index contributed by atoms with van der Waals surface area (Å²) < 4.78 is 5.74. The topological polar surface area (TPSA) is 74.8 Å². The number of benzene rings is 2. The molecule has 2 aromatic carbocycles. The molecular formula is C23H32N4O2. The van der Waals surface area contributed by atoms with E-state index < -0.39 is 0 Å². The summed E-state index contributed by atoms with van der Waals surface area (Å²) >= 11 is 0. The number of aliphatic imine (C=N–C) groups is 1. The van der Waals surface area contributed by atoms with Gasteiger partial charge >= 0.3 is 0 Å². The van der Waals surface area contributed by atoms with Crippen molar-refractivity contribution in [2.45, 2.75) is 46.7 Å². The lowest BCUT2D eigenvalue weighted by atomic mass is 10.1. The molecule has 0 heterocycles. The second kappa shape index (κ2) is 11.7. The van der Waals surface area contributed by atoms with E-state index in [0.717, 1.165) is 29.0 Å². The van der Waals surface area contributed by atoms with Gasteiger partial charge in [0.05, 0.1) is 6.61 Å². The summed E-state index contributed by atoms with van der Waals surface area (Å²) in [5, 5.41) is 9.53. The molecule has 1 amide bonds. The second-order valence-corrected chi connectivity index (χ2v) is 6.82. The Labute approximate surface area is 173 Å². The van der Waals surface area contributed by atoms with Gasteiger partial charge in [0.1, 0.15) is 5.75 Å². The Balaban J connectivity index is 1.87. The SMILES string of the molecule is CCCC(=O)Nc1ccc(CNC(=NC)NCc2ccc(C)cc2OCC)cc1. The molecule has 0 fully saturated rings. The lowest BCUT2D eigenvalue weighted by Crippen LogP contribution is -2.36. The van der Waals surface area contributed by atoms with Gasteiger partial charge < -0.3 is 20.7 Å². The number of rotatable bonds is 9. The lowest BCUT2D eigenvalue weighted by molar-refractivity contribution is -0.116. The standard InChI is InChI=1S/C23H32N4O2/c1-5-7-22(28)27-20-12-9-18(10-13-20)15-25-23(24-4)26-16-19-11-8-17(3)14-21(19)29-6-2/h8-14H,5-7,15-16H2,1-4H3,(H,27,28)(H2,24,25,26). The fourth-order valence-electron chi connectivity index (χ4n) is 2.84. The molecule has 3 N–H and O–H groups in total. The van der Waals surface area contributed by atoms with Crippen molar-refractivity contribution in [3.8, 4) is 5.75 Å². The van der Waals surface area contributed by atoms with Gasteiger partial charge in [0.2, 0.25) is 5.91 Å². The Morgan fingerprint density at radius 1 is 1.03 bits per heavy atom. The number of amides is 1. The molecule has 2 aromatic rings. The summed E-state index contributed by atoms with van der Waals surface area (Å²) in [5.74, 6) is 1.66. The molecule has 0 saturated carbocycles. The number of ether oxygens (including phenoxy) is 1. The summed E-state index contributed by atoms with van der Waals surface area (Å²) in [7, 11) is 1.75. The molecule has 2 rings (SSSR count). The van der Waals surface area contributed by atoms with Gasteiger partial charge in [-0.05, 0) is 49.6 Å². The molecule has 0 aliphatic heterocycles. The van der Waals surface area contributed by atoms with Gasteiger partial charge in [-0.3, -0.25) is 9.79 Å². The van der Waals surface area contributed by atoms with Crippen LogP contribution in [0.5, 0.6) is 5.75 Å². The number of aryl methyl sites for hydroxylation is 1. The molecule has 0 aromatic heterocycles. The van der Waals surface area contributed by atoms with Crippen molar-refractivity contribution in [3.05, 3.63) is 59.2 Å². The highest BCUT2D eigenvalue weighted by molar-refractivity contribution is 5.90. The third-order valence-electron chi connectivity index (χ3n) is 4.37. The summed E-state index contributed by atoms with van der Waals surface area (Å²) in [6, 6.07) is 14.0. The van der Waals surface area contributed by atoms with Crippen molar-refractivity contribution in [2.24, 2.45) is 4.99 Å². The predicted molar refractivity (Wildman–Crippen MR) is 119 cm³/mol. The highest BCUT2D eigenvalue weighted by Gasteiger charge is 2.06. The number of carbonyl (C=O) groups is 1. The van der Waals surface area contributed by atoms with Crippen molar-refractivity contribution in [1.82, 2.24) is 10.6 Å². The van der Waals surface area contributed by atoms with E-state index in [4.69, 9.17) is 4.74 Å². The van der Waals surface area contributed by atoms with Crippen molar-refractivity contribution >= 4 is 17.6 Å². The first-order valence-corrected chi connectivity index (χ1v) is 10.1. The molecule has 6 nitrogen and oxygen atoms in total. The number of carbonyl (C=O) groups excluding carboxylic acids is 1. The van der Waals surface area contributed by atoms with Crippen LogP contribution in [-0.2, 0) is 17.9 Å². The quantitative estimate of drug-likeness (QED) is 0.442. The third-order valence-corrected chi connectivity index (χ3v) is 4.37. The molecule has 0 atom stereocenters. The molecule has 0 unspecified atom stereocenters. The van der Waals surface area contributed by atoms with Crippen LogP contribution in [0.3, 0.4) is 0 Å². The zero-order valence-electron chi connectivity index (χ0n) is 17.8. The molecule has 29 heavy (non-hydrogen) atoms. The molecule has 0 spiro atoms.